The topological polar surface area (TPSA) is 38.3 Å². The highest BCUT2D eigenvalue weighted by Crippen LogP contribution is 2.18. The van der Waals surface area contributed by atoms with E-state index in [1.165, 1.54) is 12.1 Å². The van der Waals surface area contributed by atoms with Crippen molar-refractivity contribution < 1.29 is 13.9 Å². The van der Waals surface area contributed by atoms with Gasteiger partial charge in [-0.15, -0.1) is 0 Å². The number of carbonyl (C=O) groups excluding carboxylic acids is 1. The van der Waals surface area contributed by atoms with Gasteiger partial charge in [0.1, 0.15) is 12.4 Å². The molecule has 68 valence electrons. The molecule has 2 rings (SSSR count). The third-order valence-electron chi connectivity index (χ3n) is 1.85. The first-order valence-corrected chi connectivity index (χ1v) is 3.92. The average molecular weight is 181 g/mol. The van der Waals surface area contributed by atoms with E-state index in [4.69, 9.17) is 4.74 Å². The van der Waals surface area contributed by atoms with Crippen molar-refractivity contribution in [1.82, 2.24) is 5.32 Å². The molecule has 3 nitrogen and oxygen atoms in total. The van der Waals surface area contributed by atoms with Crippen LogP contribution in [0.15, 0.2) is 24.3 Å². The van der Waals surface area contributed by atoms with Crippen LogP contribution in [0.5, 0.6) is 0 Å². The lowest BCUT2D eigenvalue weighted by Crippen LogP contribution is -2.19. The lowest BCUT2D eigenvalue weighted by Gasteiger charge is -2.08. The van der Waals surface area contributed by atoms with Gasteiger partial charge in [0.15, 0.2) is 6.23 Å². The second kappa shape index (κ2) is 3.14. The third kappa shape index (κ3) is 1.67. The van der Waals surface area contributed by atoms with E-state index in [1.807, 2.05) is 0 Å². The molecule has 0 radical (unpaired) electrons. The third-order valence-corrected chi connectivity index (χ3v) is 1.85. The van der Waals surface area contributed by atoms with Crippen LogP contribution in [0.1, 0.15) is 11.8 Å². The second-order valence-electron chi connectivity index (χ2n) is 2.81. The summed E-state index contributed by atoms with van der Waals surface area (Å²) in [5, 5.41) is 2.61. The second-order valence-corrected chi connectivity index (χ2v) is 2.81. The molecule has 1 amide bonds. The zero-order chi connectivity index (χ0) is 9.26. The monoisotopic (exact) mass is 181 g/mol. The van der Waals surface area contributed by atoms with Crippen LogP contribution in [0, 0.1) is 5.82 Å². The maximum atomic E-state index is 12.5. The van der Waals surface area contributed by atoms with E-state index >= 15 is 0 Å². The van der Waals surface area contributed by atoms with Crippen molar-refractivity contribution in [2.75, 3.05) is 6.61 Å². The molecule has 1 aliphatic heterocycles. The summed E-state index contributed by atoms with van der Waals surface area (Å²) in [6.45, 7) is 0.0715. The van der Waals surface area contributed by atoms with Gasteiger partial charge < -0.3 is 10.1 Å². The molecule has 0 spiro atoms. The molecule has 0 unspecified atom stereocenters. The summed E-state index contributed by atoms with van der Waals surface area (Å²) in [5.41, 5.74) is 0.757. The summed E-state index contributed by atoms with van der Waals surface area (Å²) in [4.78, 5) is 10.8. The van der Waals surface area contributed by atoms with Gasteiger partial charge in [-0.25, -0.2) is 4.39 Å². The van der Waals surface area contributed by atoms with Crippen LogP contribution in [-0.2, 0) is 9.53 Å². The van der Waals surface area contributed by atoms with Crippen LogP contribution in [0.2, 0.25) is 0 Å². The molecule has 13 heavy (non-hydrogen) atoms. The first kappa shape index (κ1) is 8.19. The Labute approximate surface area is 74.5 Å². The SMILES string of the molecule is O=C1CO[C@@H](c2ccc(F)cc2)N1. The summed E-state index contributed by atoms with van der Waals surface area (Å²) < 4.78 is 17.6. The van der Waals surface area contributed by atoms with Gasteiger partial charge in [0.05, 0.1) is 0 Å². The first-order valence-electron chi connectivity index (χ1n) is 3.92. The van der Waals surface area contributed by atoms with Crippen molar-refractivity contribution in [2.24, 2.45) is 0 Å². The fourth-order valence-corrected chi connectivity index (χ4v) is 1.21. The van der Waals surface area contributed by atoms with Crippen LogP contribution in [0.25, 0.3) is 0 Å². The summed E-state index contributed by atoms with van der Waals surface area (Å²) in [7, 11) is 0. The molecule has 1 aliphatic rings. The normalized spacial score (nSPS) is 21.6. The van der Waals surface area contributed by atoms with E-state index in [-0.39, 0.29) is 18.3 Å². The number of hydrogen-bond acceptors (Lipinski definition) is 2. The Morgan fingerprint density at radius 2 is 2.08 bits per heavy atom. The zero-order valence-electron chi connectivity index (χ0n) is 6.79. The predicted molar refractivity (Wildman–Crippen MR) is 43.2 cm³/mol. The van der Waals surface area contributed by atoms with E-state index in [2.05, 4.69) is 5.32 Å². The largest absolute Gasteiger partial charge is 0.344 e. The van der Waals surface area contributed by atoms with Gasteiger partial charge in [0.25, 0.3) is 0 Å². The van der Waals surface area contributed by atoms with E-state index in [0.29, 0.717) is 0 Å². The van der Waals surface area contributed by atoms with E-state index in [1.54, 1.807) is 12.1 Å². The van der Waals surface area contributed by atoms with Gasteiger partial charge >= 0.3 is 0 Å². The molecular weight excluding hydrogens is 173 g/mol. The van der Waals surface area contributed by atoms with Crippen molar-refractivity contribution >= 4 is 5.91 Å². The Bertz CT molecular complexity index is 323. The fraction of sp³-hybridized carbons (Fsp3) is 0.222. The Balaban J connectivity index is 2.17. The highest BCUT2D eigenvalue weighted by Gasteiger charge is 2.22. The quantitative estimate of drug-likeness (QED) is 0.701. The van der Waals surface area contributed by atoms with Crippen LogP contribution < -0.4 is 5.32 Å². The molecule has 1 N–H and O–H groups in total. The van der Waals surface area contributed by atoms with Crippen LogP contribution in [0.3, 0.4) is 0 Å². The lowest BCUT2D eigenvalue weighted by atomic mass is 10.2. The standard InChI is InChI=1S/C9H8FNO2/c10-7-3-1-6(2-4-7)9-11-8(12)5-13-9/h1-4,9H,5H2,(H,11,12)/t9-/m0/s1. The molecular formula is C9H8FNO2. The molecule has 1 saturated heterocycles. The first-order chi connectivity index (χ1) is 6.25. The Hall–Kier alpha value is -1.42. The lowest BCUT2D eigenvalue weighted by molar-refractivity contribution is -0.119. The van der Waals surface area contributed by atoms with Crippen molar-refractivity contribution in [3.8, 4) is 0 Å². The number of nitrogens with one attached hydrogen (secondary N) is 1. The van der Waals surface area contributed by atoms with Crippen LogP contribution >= 0.6 is 0 Å². The molecule has 1 heterocycles. The smallest absolute Gasteiger partial charge is 0.248 e. The number of hydrogen-bond donors (Lipinski definition) is 1. The summed E-state index contributed by atoms with van der Waals surface area (Å²) in [5.74, 6) is -0.442. The molecule has 1 aromatic carbocycles. The average Bonchev–Trinajstić information content (AvgIpc) is 2.53. The Kier molecular flexibility index (Phi) is 1.98. The minimum Gasteiger partial charge on any atom is -0.344 e. The number of amides is 1. The highest BCUT2D eigenvalue weighted by molar-refractivity contribution is 5.79. The zero-order valence-corrected chi connectivity index (χ0v) is 6.79. The van der Waals surface area contributed by atoms with Crippen LogP contribution in [-0.4, -0.2) is 12.5 Å². The number of ether oxygens (including phenoxy) is 1. The van der Waals surface area contributed by atoms with Crippen molar-refractivity contribution in [3.63, 3.8) is 0 Å². The van der Waals surface area contributed by atoms with Gasteiger partial charge in [0.2, 0.25) is 5.91 Å². The molecule has 0 aliphatic carbocycles. The number of carbonyl (C=O) groups is 1. The molecule has 1 atom stereocenters. The number of benzene rings is 1. The number of halogens is 1. The van der Waals surface area contributed by atoms with Gasteiger partial charge in [-0.3, -0.25) is 4.79 Å². The number of rotatable bonds is 1. The molecule has 0 saturated carbocycles. The summed E-state index contributed by atoms with van der Waals surface area (Å²) in [6, 6.07) is 5.85. The van der Waals surface area contributed by atoms with Gasteiger partial charge in [-0.05, 0) is 12.1 Å². The van der Waals surface area contributed by atoms with Crippen molar-refractivity contribution in [2.45, 2.75) is 6.23 Å². The molecule has 1 fully saturated rings. The van der Waals surface area contributed by atoms with Gasteiger partial charge in [-0.1, -0.05) is 12.1 Å². The predicted octanol–water partition coefficient (Wildman–Crippen LogP) is 0.971. The summed E-state index contributed by atoms with van der Waals surface area (Å²) in [6.07, 6.45) is -0.423. The minimum absolute atomic E-state index is 0.0715. The van der Waals surface area contributed by atoms with E-state index < -0.39 is 6.23 Å². The van der Waals surface area contributed by atoms with Gasteiger partial charge in [0, 0.05) is 5.56 Å². The Morgan fingerprint density at radius 1 is 1.38 bits per heavy atom. The van der Waals surface area contributed by atoms with E-state index in [0.717, 1.165) is 5.56 Å². The van der Waals surface area contributed by atoms with Gasteiger partial charge in [-0.2, -0.15) is 0 Å². The molecule has 4 heteroatoms. The maximum Gasteiger partial charge on any atom is 0.248 e. The molecule has 0 aromatic heterocycles. The van der Waals surface area contributed by atoms with Crippen LogP contribution in [0.4, 0.5) is 4.39 Å². The maximum absolute atomic E-state index is 12.5. The highest BCUT2D eigenvalue weighted by atomic mass is 19.1. The van der Waals surface area contributed by atoms with Crippen molar-refractivity contribution in [1.29, 1.82) is 0 Å². The molecule has 1 aromatic rings. The summed E-state index contributed by atoms with van der Waals surface area (Å²) >= 11 is 0. The van der Waals surface area contributed by atoms with E-state index in [9.17, 15) is 9.18 Å². The fourth-order valence-electron chi connectivity index (χ4n) is 1.21. The minimum atomic E-state index is -0.423. The Morgan fingerprint density at radius 3 is 2.62 bits per heavy atom. The van der Waals surface area contributed by atoms with Crippen molar-refractivity contribution in [3.05, 3.63) is 35.6 Å². The molecule has 0 bridgehead atoms.